The number of hydrogen-bond acceptors (Lipinski definition) is 7. The van der Waals surface area contributed by atoms with Gasteiger partial charge in [0.25, 0.3) is 0 Å². The van der Waals surface area contributed by atoms with E-state index in [2.05, 4.69) is 20.8 Å². The third-order valence-electron chi connectivity index (χ3n) is 6.15. The highest BCUT2D eigenvalue weighted by Gasteiger charge is 2.47. The second-order valence-electron chi connectivity index (χ2n) is 8.89. The molecule has 0 amide bonds. The van der Waals surface area contributed by atoms with Gasteiger partial charge in [-0.2, -0.15) is 0 Å². The van der Waals surface area contributed by atoms with Crippen molar-refractivity contribution < 1.29 is 35.0 Å². The van der Waals surface area contributed by atoms with Gasteiger partial charge in [0.1, 0.15) is 24.4 Å². The Kier molecular flexibility index (Phi) is 7.46. The molecule has 0 radical (unpaired) electrons. The van der Waals surface area contributed by atoms with Gasteiger partial charge in [-0.1, -0.05) is 20.8 Å². The second kappa shape index (κ2) is 8.82. The minimum atomic E-state index is -1.42. The minimum Gasteiger partial charge on any atom is -0.394 e. The number of aliphatic hydroxyl groups excluding tert-OH is 5. The van der Waals surface area contributed by atoms with E-state index >= 15 is 0 Å². The van der Waals surface area contributed by atoms with Crippen molar-refractivity contribution >= 4 is 0 Å². The summed E-state index contributed by atoms with van der Waals surface area (Å²) < 4.78 is 11.4. The molecule has 0 aromatic carbocycles. The van der Waals surface area contributed by atoms with Crippen LogP contribution in [0.3, 0.4) is 0 Å². The zero-order valence-electron chi connectivity index (χ0n) is 16.3. The lowest BCUT2D eigenvalue weighted by Gasteiger charge is -2.48. The smallest absolute Gasteiger partial charge is 0.186 e. The molecule has 1 aliphatic heterocycles. The first kappa shape index (κ1) is 22.0. The van der Waals surface area contributed by atoms with Crippen LogP contribution in [0.2, 0.25) is 0 Å². The van der Waals surface area contributed by atoms with Crippen molar-refractivity contribution in [3.8, 4) is 0 Å². The molecule has 2 rings (SSSR count). The molecule has 7 nitrogen and oxygen atoms in total. The summed E-state index contributed by atoms with van der Waals surface area (Å²) in [6.45, 7) is 7.92. The van der Waals surface area contributed by atoms with Gasteiger partial charge in [-0.15, -0.1) is 0 Å². The van der Waals surface area contributed by atoms with Gasteiger partial charge in [0.2, 0.25) is 0 Å². The Morgan fingerprint density at radius 3 is 2.35 bits per heavy atom. The monoisotopic (exact) mass is 376 g/mol. The van der Waals surface area contributed by atoms with Crippen LogP contribution in [0.15, 0.2) is 0 Å². The van der Waals surface area contributed by atoms with Crippen LogP contribution in [0, 0.1) is 17.3 Å². The molecule has 26 heavy (non-hydrogen) atoms. The summed E-state index contributed by atoms with van der Waals surface area (Å²) in [5.41, 5.74) is 0.00531. The van der Waals surface area contributed by atoms with Crippen LogP contribution >= 0.6 is 0 Å². The van der Waals surface area contributed by atoms with E-state index in [9.17, 15) is 25.5 Å². The minimum absolute atomic E-state index is 0.00531. The lowest BCUT2D eigenvalue weighted by molar-refractivity contribution is -0.316. The largest absolute Gasteiger partial charge is 0.394 e. The predicted octanol–water partition coefficient (Wildman–Crippen LogP) is 0.405. The van der Waals surface area contributed by atoms with Crippen LogP contribution in [0.25, 0.3) is 0 Å². The molecule has 2 fully saturated rings. The Morgan fingerprint density at radius 1 is 1.15 bits per heavy atom. The molecule has 7 heteroatoms. The number of ether oxygens (including phenoxy) is 2. The quantitative estimate of drug-likeness (QED) is 0.455. The lowest BCUT2D eigenvalue weighted by Crippen LogP contribution is -2.60. The maximum Gasteiger partial charge on any atom is 0.186 e. The van der Waals surface area contributed by atoms with Crippen molar-refractivity contribution in [3.05, 3.63) is 0 Å². The summed E-state index contributed by atoms with van der Waals surface area (Å²) in [5.74, 6) is 0.846. The summed E-state index contributed by atoms with van der Waals surface area (Å²) in [6.07, 6.45) is -3.34. The Bertz CT molecular complexity index is 440. The average Bonchev–Trinajstić information content (AvgIpc) is 2.53. The van der Waals surface area contributed by atoms with Crippen LogP contribution in [0.5, 0.6) is 0 Å². The molecule has 1 heterocycles. The summed E-state index contributed by atoms with van der Waals surface area (Å²) in [6, 6.07) is 0. The molecule has 1 aliphatic carbocycles. The predicted molar refractivity (Wildman–Crippen MR) is 95.2 cm³/mol. The molecular formula is C19H36O7. The van der Waals surface area contributed by atoms with Crippen molar-refractivity contribution in [3.63, 3.8) is 0 Å². The van der Waals surface area contributed by atoms with Crippen molar-refractivity contribution in [1.82, 2.24) is 0 Å². The average molecular weight is 376 g/mol. The van der Waals surface area contributed by atoms with Crippen LogP contribution in [0.4, 0.5) is 0 Å². The van der Waals surface area contributed by atoms with Gasteiger partial charge >= 0.3 is 0 Å². The van der Waals surface area contributed by atoms with Crippen molar-refractivity contribution in [1.29, 1.82) is 0 Å². The summed E-state index contributed by atoms with van der Waals surface area (Å²) in [7, 11) is 0. The van der Waals surface area contributed by atoms with Gasteiger partial charge in [0.05, 0.1) is 18.8 Å². The van der Waals surface area contributed by atoms with Gasteiger partial charge in [-0.05, 0) is 49.9 Å². The first-order valence-electron chi connectivity index (χ1n) is 9.70. The van der Waals surface area contributed by atoms with E-state index in [0.29, 0.717) is 11.8 Å². The molecule has 2 aliphatic rings. The molecule has 0 bridgehead atoms. The second-order valence-corrected chi connectivity index (χ2v) is 8.89. The summed E-state index contributed by atoms with van der Waals surface area (Å²) in [5, 5.41) is 48.9. The Hall–Kier alpha value is -0.280. The summed E-state index contributed by atoms with van der Waals surface area (Å²) in [4.78, 5) is 0. The first-order valence-corrected chi connectivity index (χ1v) is 9.70. The fraction of sp³-hybridized carbons (Fsp3) is 1.00. The molecule has 5 N–H and O–H groups in total. The molecule has 0 aromatic heterocycles. The molecule has 1 saturated carbocycles. The lowest BCUT2D eigenvalue weighted by atomic mass is 9.61. The van der Waals surface area contributed by atoms with Crippen LogP contribution in [-0.4, -0.2) is 75.1 Å². The van der Waals surface area contributed by atoms with E-state index in [-0.39, 0.29) is 17.6 Å². The molecule has 0 aromatic rings. The maximum absolute atomic E-state index is 10.2. The Balaban J connectivity index is 2.00. The van der Waals surface area contributed by atoms with E-state index in [1.807, 2.05) is 6.92 Å². The highest BCUT2D eigenvalue weighted by Crippen LogP contribution is 2.47. The van der Waals surface area contributed by atoms with Gasteiger partial charge in [-0.25, -0.2) is 0 Å². The fourth-order valence-electron chi connectivity index (χ4n) is 4.74. The van der Waals surface area contributed by atoms with Crippen molar-refractivity contribution in [2.45, 2.75) is 96.3 Å². The number of hydrogen-bond donors (Lipinski definition) is 5. The third kappa shape index (κ3) is 4.95. The van der Waals surface area contributed by atoms with E-state index in [0.717, 1.165) is 25.7 Å². The molecule has 0 unspecified atom stereocenters. The van der Waals surface area contributed by atoms with E-state index in [1.165, 1.54) is 0 Å². The topological polar surface area (TPSA) is 120 Å². The molecule has 9 atom stereocenters. The van der Waals surface area contributed by atoms with Gasteiger partial charge < -0.3 is 35.0 Å². The van der Waals surface area contributed by atoms with Crippen LogP contribution in [-0.2, 0) is 9.47 Å². The van der Waals surface area contributed by atoms with Crippen LogP contribution < -0.4 is 0 Å². The van der Waals surface area contributed by atoms with E-state index in [1.54, 1.807) is 0 Å². The van der Waals surface area contributed by atoms with E-state index in [4.69, 9.17) is 9.47 Å². The normalized spacial score (nSPS) is 44.7. The molecule has 154 valence electrons. The van der Waals surface area contributed by atoms with Gasteiger partial charge in [0, 0.05) is 0 Å². The number of rotatable bonds is 6. The molecular weight excluding hydrogens is 340 g/mol. The van der Waals surface area contributed by atoms with Crippen molar-refractivity contribution in [2.75, 3.05) is 6.61 Å². The Labute approximate surface area is 155 Å². The van der Waals surface area contributed by atoms with Crippen LogP contribution in [0.1, 0.15) is 53.4 Å². The zero-order chi connectivity index (χ0) is 19.6. The third-order valence-corrected chi connectivity index (χ3v) is 6.15. The first-order chi connectivity index (χ1) is 12.1. The van der Waals surface area contributed by atoms with Crippen molar-refractivity contribution in [2.24, 2.45) is 17.3 Å². The maximum atomic E-state index is 10.2. The van der Waals surface area contributed by atoms with E-state index < -0.39 is 37.3 Å². The standard InChI is InChI=1S/C19H36O7/c1-10-7-12(8-19(3,4)13(10)6-5-11(2)21)25-18-17(24)16(23)15(22)14(9-20)26-18/h10-18,20-24H,5-9H2,1-4H3/t10-,11+,12-,13+,14+,15+,16-,17+,18+/m0/s1. The van der Waals surface area contributed by atoms with Gasteiger partial charge in [-0.3, -0.25) is 0 Å². The Morgan fingerprint density at radius 2 is 1.81 bits per heavy atom. The van der Waals surface area contributed by atoms with Gasteiger partial charge in [0.15, 0.2) is 6.29 Å². The number of aliphatic hydroxyl groups is 5. The fourth-order valence-corrected chi connectivity index (χ4v) is 4.74. The zero-order valence-corrected chi connectivity index (χ0v) is 16.3. The molecule has 0 spiro atoms. The highest BCUT2D eigenvalue weighted by molar-refractivity contribution is 4.93. The SMILES string of the molecule is C[C@@H](O)CC[C@@H]1[C@@H](C)C[C@H](O[C@@H]2O[C@H](CO)[C@@H](O)[C@H](O)[C@H]2O)CC1(C)C. The molecule has 1 saturated heterocycles. The summed E-state index contributed by atoms with van der Waals surface area (Å²) >= 11 is 0. The highest BCUT2D eigenvalue weighted by atomic mass is 16.7.